The maximum Gasteiger partial charge on any atom is 0.416 e. The number of furan rings is 1. The van der Waals surface area contributed by atoms with Gasteiger partial charge in [-0.1, -0.05) is 0 Å². The molecule has 158 valence electrons. The third-order valence-electron chi connectivity index (χ3n) is 4.17. The summed E-state index contributed by atoms with van der Waals surface area (Å²) in [6.07, 6.45) is -5.84. The lowest BCUT2D eigenvalue weighted by Gasteiger charge is -2.23. The Morgan fingerprint density at radius 1 is 0.900 bits per heavy atom. The Labute approximate surface area is 166 Å². The Bertz CT molecular complexity index is 966. The minimum absolute atomic E-state index is 0.0173. The highest BCUT2D eigenvalue weighted by atomic mass is 19.4. The zero-order chi connectivity index (χ0) is 21.9. The summed E-state index contributed by atoms with van der Waals surface area (Å²) in [5.74, 6) is -0.680. The number of hydrogen-bond donors (Lipinski definition) is 0. The van der Waals surface area contributed by atoms with Gasteiger partial charge in [0.25, 0.3) is 5.91 Å². The number of alkyl halides is 6. The largest absolute Gasteiger partial charge is 0.467 e. The summed E-state index contributed by atoms with van der Waals surface area (Å²) in [6, 6.07) is 7.07. The van der Waals surface area contributed by atoms with Gasteiger partial charge >= 0.3 is 12.4 Å². The van der Waals surface area contributed by atoms with Gasteiger partial charge in [-0.2, -0.15) is 26.3 Å². The summed E-state index contributed by atoms with van der Waals surface area (Å²) < 4.78 is 84.0. The SMILES string of the molecule is O=C(c1cc(C(F)(F)F)cc(C(F)(F)F)c1)N(Cc1ccncc1)Cc1ccco1. The number of carbonyl (C=O) groups is 1. The van der Waals surface area contributed by atoms with Gasteiger partial charge in [0.05, 0.1) is 23.9 Å². The van der Waals surface area contributed by atoms with Gasteiger partial charge in [-0.15, -0.1) is 0 Å². The van der Waals surface area contributed by atoms with Gasteiger partial charge < -0.3 is 9.32 Å². The number of carbonyl (C=O) groups excluding carboxylic acids is 1. The van der Waals surface area contributed by atoms with Gasteiger partial charge in [0.2, 0.25) is 0 Å². The zero-order valence-electron chi connectivity index (χ0n) is 15.2. The molecule has 0 bridgehead atoms. The van der Waals surface area contributed by atoms with E-state index in [9.17, 15) is 31.1 Å². The third-order valence-corrected chi connectivity index (χ3v) is 4.17. The van der Waals surface area contributed by atoms with Crippen LogP contribution in [0, 0.1) is 0 Å². The quantitative estimate of drug-likeness (QED) is 0.501. The average molecular weight is 428 g/mol. The molecule has 0 fully saturated rings. The lowest BCUT2D eigenvalue weighted by atomic mass is 10.0. The van der Waals surface area contributed by atoms with Crippen LogP contribution in [0.4, 0.5) is 26.3 Å². The molecule has 2 aromatic heterocycles. The topological polar surface area (TPSA) is 46.3 Å². The lowest BCUT2D eigenvalue weighted by molar-refractivity contribution is -0.143. The molecule has 0 aliphatic carbocycles. The van der Waals surface area contributed by atoms with Crippen molar-refractivity contribution >= 4 is 5.91 Å². The normalized spacial score (nSPS) is 12.1. The number of rotatable bonds is 5. The Morgan fingerprint density at radius 2 is 1.50 bits per heavy atom. The van der Waals surface area contributed by atoms with E-state index in [2.05, 4.69) is 4.98 Å². The second-order valence-corrected chi connectivity index (χ2v) is 6.39. The molecule has 1 aromatic carbocycles. The molecular weight excluding hydrogens is 414 g/mol. The molecule has 0 saturated heterocycles. The van der Waals surface area contributed by atoms with Crippen LogP contribution in [0.25, 0.3) is 0 Å². The maximum absolute atomic E-state index is 13.1. The van der Waals surface area contributed by atoms with Crippen molar-refractivity contribution in [2.75, 3.05) is 0 Å². The first kappa shape index (κ1) is 21.4. The van der Waals surface area contributed by atoms with E-state index in [1.165, 1.54) is 18.7 Å². The van der Waals surface area contributed by atoms with E-state index in [0.29, 0.717) is 23.5 Å². The fourth-order valence-electron chi connectivity index (χ4n) is 2.76. The Kier molecular flexibility index (Phi) is 5.86. The van der Waals surface area contributed by atoms with Gasteiger partial charge in [0, 0.05) is 24.5 Å². The predicted octanol–water partition coefficient (Wildman–Crippen LogP) is 5.55. The average Bonchev–Trinajstić information content (AvgIpc) is 3.19. The Morgan fingerprint density at radius 3 is 2.00 bits per heavy atom. The highest BCUT2D eigenvalue weighted by molar-refractivity contribution is 5.94. The molecule has 1 amide bonds. The van der Waals surface area contributed by atoms with Gasteiger partial charge in [-0.25, -0.2) is 0 Å². The fraction of sp³-hybridized carbons (Fsp3) is 0.200. The Hall–Kier alpha value is -3.30. The summed E-state index contributed by atoms with van der Waals surface area (Å²) in [7, 11) is 0. The van der Waals surface area contributed by atoms with E-state index in [-0.39, 0.29) is 19.2 Å². The lowest BCUT2D eigenvalue weighted by Crippen LogP contribution is -2.30. The van der Waals surface area contributed by atoms with E-state index in [0.717, 1.165) is 4.90 Å². The molecule has 0 aliphatic rings. The van der Waals surface area contributed by atoms with Crippen LogP contribution in [-0.4, -0.2) is 15.8 Å². The number of halogens is 6. The monoisotopic (exact) mass is 428 g/mol. The molecule has 0 saturated carbocycles. The molecule has 0 unspecified atom stereocenters. The number of pyridine rings is 1. The highest BCUT2D eigenvalue weighted by Gasteiger charge is 2.38. The minimum atomic E-state index is -5.05. The molecule has 30 heavy (non-hydrogen) atoms. The van der Waals surface area contributed by atoms with Crippen LogP contribution in [0.2, 0.25) is 0 Å². The fourth-order valence-corrected chi connectivity index (χ4v) is 2.76. The molecule has 3 aromatic rings. The Balaban J connectivity index is 2.02. The van der Waals surface area contributed by atoms with Crippen LogP contribution in [0.3, 0.4) is 0 Å². The maximum atomic E-state index is 13.1. The van der Waals surface area contributed by atoms with Crippen LogP contribution in [0.15, 0.2) is 65.5 Å². The van der Waals surface area contributed by atoms with E-state index < -0.39 is 35.0 Å². The molecule has 4 nitrogen and oxygen atoms in total. The zero-order valence-corrected chi connectivity index (χ0v) is 15.2. The minimum Gasteiger partial charge on any atom is -0.467 e. The summed E-state index contributed by atoms with van der Waals surface area (Å²) in [5.41, 5.74) is -3.24. The van der Waals surface area contributed by atoms with E-state index in [4.69, 9.17) is 4.42 Å². The number of hydrogen-bond acceptors (Lipinski definition) is 3. The van der Waals surface area contributed by atoms with Gasteiger partial charge in [0.1, 0.15) is 5.76 Å². The summed E-state index contributed by atoms with van der Waals surface area (Å²) >= 11 is 0. The molecule has 0 N–H and O–H groups in total. The van der Waals surface area contributed by atoms with Crippen LogP contribution < -0.4 is 0 Å². The summed E-state index contributed by atoms with van der Waals surface area (Å²) in [4.78, 5) is 17.9. The van der Waals surface area contributed by atoms with Crippen molar-refractivity contribution in [2.45, 2.75) is 25.4 Å². The van der Waals surface area contributed by atoms with Gasteiger partial charge in [0.15, 0.2) is 0 Å². The van der Waals surface area contributed by atoms with Crippen LogP contribution in [-0.2, 0) is 25.4 Å². The van der Waals surface area contributed by atoms with Crippen molar-refractivity contribution < 1.29 is 35.6 Å². The number of benzene rings is 1. The number of nitrogens with zero attached hydrogens (tertiary/aromatic N) is 2. The second-order valence-electron chi connectivity index (χ2n) is 6.39. The smallest absolute Gasteiger partial charge is 0.416 e. The van der Waals surface area contributed by atoms with Crippen molar-refractivity contribution in [1.82, 2.24) is 9.88 Å². The molecule has 10 heteroatoms. The van der Waals surface area contributed by atoms with Crippen molar-refractivity contribution in [3.8, 4) is 0 Å². The molecule has 3 rings (SSSR count). The van der Waals surface area contributed by atoms with Crippen molar-refractivity contribution in [2.24, 2.45) is 0 Å². The van der Waals surface area contributed by atoms with E-state index in [1.54, 1.807) is 24.3 Å². The van der Waals surface area contributed by atoms with E-state index >= 15 is 0 Å². The first-order valence-corrected chi connectivity index (χ1v) is 8.54. The van der Waals surface area contributed by atoms with Crippen LogP contribution >= 0.6 is 0 Å². The van der Waals surface area contributed by atoms with Crippen molar-refractivity contribution in [3.63, 3.8) is 0 Å². The van der Waals surface area contributed by atoms with Crippen LogP contribution in [0.5, 0.6) is 0 Å². The molecule has 0 radical (unpaired) electrons. The van der Waals surface area contributed by atoms with Gasteiger partial charge in [-0.3, -0.25) is 9.78 Å². The van der Waals surface area contributed by atoms with E-state index in [1.807, 2.05) is 0 Å². The first-order chi connectivity index (χ1) is 14.0. The summed E-state index contributed by atoms with van der Waals surface area (Å²) in [5, 5.41) is 0. The summed E-state index contributed by atoms with van der Waals surface area (Å²) in [6.45, 7) is -0.217. The predicted molar refractivity (Wildman–Crippen MR) is 93.0 cm³/mol. The second kappa shape index (κ2) is 8.21. The third kappa shape index (κ3) is 5.19. The van der Waals surface area contributed by atoms with Crippen LogP contribution in [0.1, 0.15) is 32.8 Å². The van der Waals surface area contributed by atoms with Crippen molar-refractivity contribution in [1.29, 1.82) is 0 Å². The molecule has 0 spiro atoms. The molecular formula is C20H14F6N2O2. The first-order valence-electron chi connectivity index (χ1n) is 8.54. The number of aromatic nitrogens is 1. The van der Waals surface area contributed by atoms with Gasteiger partial charge in [-0.05, 0) is 48.0 Å². The molecule has 0 aliphatic heterocycles. The standard InChI is InChI=1S/C20H14F6N2O2/c21-19(22,23)15-8-14(9-16(10-15)20(24,25)26)18(29)28(12-17-2-1-7-30-17)11-13-3-5-27-6-4-13/h1-10H,11-12H2. The molecule has 2 heterocycles. The highest BCUT2D eigenvalue weighted by Crippen LogP contribution is 2.36. The van der Waals surface area contributed by atoms with Crippen molar-refractivity contribution in [3.05, 3.63) is 89.1 Å². The molecule has 0 atom stereocenters. The number of amides is 1.